The third kappa shape index (κ3) is 5.66. The maximum Gasteiger partial charge on any atom is 0.160 e. The summed E-state index contributed by atoms with van der Waals surface area (Å²) in [5.41, 5.74) is 12.4. The number of fused-ring (bicyclic) bond motifs is 6. The average Bonchev–Trinajstić information content (AvgIpc) is 3.85. The molecule has 0 saturated carbocycles. The summed E-state index contributed by atoms with van der Waals surface area (Å²) in [6, 6.07) is 63.7. The predicted molar refractivity (Wildman–Crippen MR) is 236 cm³/mol. The Labute approximate surface area is 331 Å². The number of rotatable bonds is 6. The third-order valence-corrected chi connectivity index (χ3v) is 12.7. The molecule has 0 radical (unpaired) electrons. The second-order valence-corrected chi connectivity index (χ2v) is 15.9. The zero-order valence-corrected chi connectivity index (χ0v) is 31.6. The van der Waals surface area contributed by atoms with Crippen LogP contribution in [0.1, 0.15) is 0 Å². The Morgan fingerprint density at radius 1 is 0.286 bits per heavy atom. The molecule has 0 aliphatic carbocycles. The van der Waals surface area contributed by atoms with Gasteiger partial charge in [-0.15, -0.1) is 22.7 Å². The molecule has 0 saturated heterocycles. The van der Waals surface area contributed by atoms with E-state index in [9.17, 15) is 0 Å². The van der Waals surface area contributed by atoms with Gasteiger partial charge in [-0.2, -0.15) is 0 Å². The van der Waals surface area contributed by atoms with Crippen LogP contribution in [0.5, 0.6) is 0 Å². The van der Waals surface area contributed by atoms with Gasteiger partial charge in [-0.3, -0.25) is 0 Å². The maximum absolute atomic E-state index is 5.34. The van der Waals surface area contributed by atoms with Gasteiger partial charge in [0.15, 0.2) is 11.6 Å². The quantitative estimate of drug-likeness (QED) is 0.170. The van der Waals surface area contributed by atoms with Crippen molar-refractivity contribution in [3.05, 3.63) is 182 Å². The average molecular weight is 751 g/mol. The van der Waals surface area contributed by atoms with Crippen molar-refractivity contribution in [2.24, 2.45) is 0 Å². The van der Waals surface area contributed by atoms with Crippen molar-refractivity contribution in [3.63, 3.8) is 0 Å². The van der Waals surface area contributed by atoms with Gasteiger partial charge in [0.25, 0.3) is 0 Å². The van der Waals surface area contributed by atoms with E-state index in [1.807, 2.05) is 12.1 Å². The fourth-order valence-corrected chi connectivity index (χ4v) is 9.84. The Bertz CT molecular complexity index is 3010. The Morgan fingerprint density at radius 3 is 1.09 bits per heavy atom. The number of benzene rings is 7. The highest BCUT2D eigenvalue weighted by molar-refractivity contribution is 7.26. The molecule has 11 rings (SSSR count). The second-order valence-electron chi connectivity index (χ2n) is 13.8. The van der Waals surface area contributed by atoms with Gasteiger partial charge in [0, 0.05) is 42.4 Å². The van der Waals surface area contributed by atoms with E-state index in [2.05, 4.69) is 170 Å². The van der Waals surface area contributed by atoms with Gasteiger partial charge < -0.3 is 0 Å². The molecule has 4 nitrogen and oxygen atoms in total. The second kappa shape index (κ2) is 13.5. The SMILES string of the molecule is c1ccc(-c2ccc(-c3nc(-c4cccc(-c5nc(-c6ccc(-c7ccccc7)cc6)nc6c5sc5ccccc56)c4)c4sc5ccccc5c4n3)cc2)cc1. The van der Waals surface area contributed by atoms with Crippen molar-refractivity contribution >= 4 is 63.3 Å². The van der Waals surface area contributed by atoms with Gasteiger partial charge in [0.2, 0.25) is 0 Å². The lowest BCUT2D eigenvalue weighted by molar-refractivity contribution is 1.23. The van der Waals surface area contributed by atoms with Crippen molar-refractivity contribution in [3.8, 4) is 67.5 Å². The standard InChI is InChI=1S/C50H30N4S2/c1-3-12-31(13-4-1)33-22-26-35(27-23-33)49-51-43(47-45(53-49)39-18-7-9-20-41(39)55-47)37-16-11-17-38(30-37)44-48-46(40-19-8-10-21-42(40)56-48)54-50(52-44)36-28-24-34(25-29-36)32-14-5-2-6-15-32/h1-30H. The minimum atomic E-state index is 0.705. The summed E-state index contributed by atoms with van der Waals surface area (Å²) in [7, 11) is 0. The van der Waals surface area contributed by atoms with Crippen molar-refractivity contribution in [1.82, 2.24) is 19.9 Å². The zero-order chi connectivity index (χ0) is 37.0. The topological polar surface area (TPSA) is 51.6 Å². The van der Waals surface area contributed by atoms with Gasteiger partial charge in [0.1, 0.15) is 0 Å². The molecule has 0 N–H and O–H groups in total. The predicted octanol–water partition coefficient (Wildman–Crippen LogP) is 14.0. The molecule has 11 aromatic rings. The molecule has 262 valence electrons. The van der Waals surface area contributed by atoms with Crippen LogP contribution in [0, 0.1) is 0 Å². The molecule has 0 bridgehead atoms. The first-order chi connectivity index (χ1) is 27.7. The summed E-state index contributed by atoms with van der Waals surface area (Å²) < 4.78 is 4.52. The molecule has 0 spiro atoms. The smallest absolute Gasteiger partial charge is 0.160 e. The van der Waals surface area contributed by atoms with Crippen LogP contribution < -0.4 is 0 Å². The molecule has 0 aliphatic rings. The third-order valence-electron chi connectivity index (χ3n) is 10.3. The Balaban J connectivity index is 1.07. The molecule has 4 aromatic heterocycles. The first-order valence-electron chi connectivity index (χ1n) is 18.5. The number of hydrogen-bond acceptors (Lipinski definition) is 6. The van der Waals surface area contributed by atoms with Crippen LogP contribution in [-0.4, -0.2) is 19.9 Å². The van der Waals surface area contributed by atoms with Crippen LogP contribution in [0.4, 0.5) is 0 Å². The Kier molecular flexibility index (Phi) is 7.83. The van der Waals surface area contributed by atoms with E-state index in [1.165, 1.54) is 20.5 Å². The molecule has 0 aliphatic heterocycles. The summed E-state index contributed by atoms with van der Waals surface area (Å²) in [6.45, 7) is 0. The Morgan fingerprint density at radius 2 is 0.643 bits per heavy atom. The molecular weight excluding hydrogens is 721 g/mol. The summed E-state index contributed by atoms with van der Waals surface area (Å²) in [5, 5.41) is 2.28. The number of aromatic nitrogens is 4. The maximum atomic E-state index is 5.34. The lowest BCUT2D eigenvalue weighted by Crippen LogP contribution is -1.95. The van der Waals surface area contributed by atoms with E-state index in [0.717, 1.165) is 76.0 Å². The van der Waals surface area contributed by atoms with Gasteiger partial charge in [0.05, 0.1) is 31.8 Å². The van der Waals surface area contributed by atoms with Crippen molar-refractivity contribution < 1.29 is 0 Å². The molecule has 0 fully saturated rings. The minimum Gasteiger partial charge on any atom is -0.226 e. The van der Waals surface area contributed by atoms with Gasteiger partial charge in [-0.1, -0.05) is 164 Å². The zero-order valence-electron chi connectivity index (χ0n) is 29.9. The van der Waals surface area contributed by atoms with Crippen LogP contribution >= 0.6 is 22.7 Å². The largest absolute Gasteiger partial charge is 0.226 e. The highest BCUT2D eigenvalue weighted by Crippen LogP contribution is 2.43. The number of thiophene rings is 2. The van der Waals surface area contributed by atoms with Crippen LogP contribution in [0.3, 0.4) is 0 Å². The normalized spacial score (nSPS) is 11.6. The number of hydrogen-bond donors (Lipinski definition) is 0. The fraction of sp³-hybridized carbons (Fsp3) is 0. The van der Waals surface area contributed by atoms with Gasteiger partial charge in [-0.05, 0) is 40.5 Å². The molecule has 6 heteroatoms. The van der Waals surface area contributed by atoms with Crippen LogP contribution in [0.15, 0.2) is 182 Å². The van der Waals surface area contributed by atoms with Crippen LogP contribution in [-0.2, 0) is 0 Å². The number of nitrogens with zero attached hydrogens (tertiary/aromatic N) is 4. The monoisotopic (exact) mass is 750 g/mol. The van der Waals surface area contributed by atoms with E-state index in [0.29, 0.717) is 11.6 Å². The molecule has 0 amide bonds. The molecule has 7 aromatic carbocycles. The lowest BCUT2D eigenvalue weighted by atomic mass is 10.0. The molecule has 4 heterocycles. The van der Waals surface area contributed by atoms with E-state index in [-0.39, 0.29) is 0 Å². The minimum absolute atomic E-state index is 0.705. The molecule has 0 atom stereocenters. The van der Waals surface area contributed by atoms with E-state index < -0.39 is 0 Å². The van der Waals surface area contributed by atoms with Crippen molar-refractivity contribution in [2.45, 2.75) is 0 Å². The summed E-state index contributed by atoms with van der Waals surface area (Å²) in [4.78, 5) is 21.1. The van der Waals surface area contributed by atoms with Crippen LogP contribution in [0.2, 0.25) is 0 Å². The summed E-state index contributed by atoms with van der Waals surface area (Å²) >= 11 is 3.49. The van der Waals surface area contributed by atoms with Crippen molar-refractivity contribution in [1.29, 1.82) is 0 Å². The van der Waals surface area contributed by atoms with Gasteiger partial charge >= 0.3 is 0 Å². The molecule has 56 heavy (non-hydrogen) atoms. The Hall–Kier alpha value is -6.86. The summed E-state index contributed by atoms with van der Waals surface area (Å²) in [6.07, 6.45) is 0. The van der Waals surface area contributed by atoms with Gasteiger partial charge in [-0.25, -0.2) is 19.9 Å². The van der Waals surface area contributed by atoms with E-state index in [4.69, 9.17) is 19.9 Å². The van der Waals surface area contributed by atoms with E-state index in [1.54, 1.807) is 22.7 Å². The first kappa shape index (κ1) is 32.6. The van der Waals surface area contributed by atoms with E-state index >= 15 is 0 Å². The molecular formula is C50H30N4S2. The lowest BCUT2D eigenvalue weighted by Gasteiger charge is -2.11. The first-order valence-corrected chi connectivity index (χ1v) is 20.2. The highest BCUT2D eigenvalue weighted by atomic mass is 32.1. The fourth-order valence-electron chi connectivity index (χ4n) is 7.53. The molecule has 0 unspecified atom stereocenters. The van der Waals surface area contributed by atoms with Crippen molar-refractivity contribution in [2.75, 3.05) is 0 Å². The highest BCUT2D eigenvalue weighted by Gasteiger charge is 2.20. The summed E-state index contributed by atoms with van der Waals surface area (Å²) in [5.74, 6) is 1.41. The van der Waals surface area contributed by atoms with Crippen LogP contribution in [0.25, 0.3) is 108 Å².